The Morgan fingerprint density at radius 3 is 1.90 bits per heavy atom. The molecule has 0 amide bonds. The van der Waals surface area contributed by atoms with E-state index >= 15 is 0 Å². The first-order chi connectivity index (χ1) is 23.1. The molecular formula is C35H31N3O9S. The monoisotopic (exact) mass is 669 g/mol. The third-order valence-electron chi connectivity index (χ3n) is 8.23. The van der Waals surface area contributed by atoms with E-state index in [1.54, 1.807) is 0 Å². The van der Waals surface area contributed by atoms with E-state index < -0.39 is 50.3 Å². The molecule has 0 radical (unpaired) electrons. The van der Waals surface area contributed by atoms with E-state index in [1.165, 1.54) is 17.7 Å². The van der Waals surface area contributed by atoms with Crippen LogP contribution >= 0.6 is 0 Å². The summed E-state index contributed by atoms with van der Waals surface area (Å²) in [5.41, 5.74) is -0.0663. The summed E-state index contributed by atoms with van der Waals surface area (Å²) in [6, 6.07) is 33.0. The van der Waals surface area contributed by atoms with Crippen LogP contribution < -0.4 is 11.2 Å². The standard InChI is InChI=1S/C35H31N3O9S/c1-24-22-37(34(40)36-33(24)39)32-21-30(47-48(43,44)29-19-17-28(18-20-29)38(41)42)31(46-32)23-45-35(25-11-5-2-6-12-25,26-13-7-3-8-14-26)27-15-9-4-10-16-27/h2-20,22,30-32H,21,23H2,1H3,(H,36,39,40)/t30-,31+,32+/m0/s1. The minimum absolute atomic E-state index is 0.0966. The van der Waals surface area contributed by atoms with Crippen LogP contribution in [0, 0.1) is 17.0 Å². The van der Waals surface area contributed by atoms with Crippen LogP contribution in [0.2, 0.25) is 0 Å². The van der Waals surface area contributed by atoms with Gasteiger partial charge in [0, 0.05) is 30.3 Å². The number of nitrogens with one attached hydrogen (secondary N) is 1. The molecule has 0 aliphatic carbocycles. The van der Waals surface area contributed by atoms with Crippen LogP contribution in [0.25, 0.3) is 0 Å². The zero-order valence-corrected chi connectivity index (χ0v) is 26.5. The lowest BCUT2D eigenvalue weighted by atomic mass is 9.80. The minimum atomic E-state index is -4.46. The van der Waals surface area contributed by atoms with Gasteiger partial charge in [-0.15, -0.1) is 0 Å². The number of hydrogen-bond donors (Lipinski definition) is 1. The molecule has 4 aromatic carbocycles. The Bertz CT molecular complexity index is 2020. The number of aromatic nitrogens is 2. The average Bonchev–Trinajstić information content (AvgIpc) is 3.49. The number of non-ortho nitro benzene ring substituents is 1. The largest absolute Gasteiger partial charge is 0.358 e. The number of ether oxygens (including phenoxy) is 2. The molecule has 3 atom stereocenters. The van der Waals surface area contributed by atoms with E-state index in [4.69, 9.17) is 13.7 Å². The summed E-state index contributed by atoms with van der Waals surface area (Å²) >= 11 is 0. The van der Waals surface area contributed by atoms with E-state index in [1.807, 2.05) is 91.0 Å². The second-order valence-corrected chi connectivity index (χ2v) is 12.8. The molecule has 2 heterocycles. The predicted molar refractivity (Wildman–Crippen MR) is 175 cm³/mol. The first-order valence-corrected chi connectivity index (χ1v) is 16.4. The van der Waals surface area contributed by atoms with Crippen molar-refractivity contribution in [3.05, 3.63) is 175 Å². The lowest BCUT2D eigenvalue weighted by Gasteiger charge is -2.37. The summed E-state index contributed by atoms with van der Waals surface area (Å²) in [6.07, 6.45) is -1.95. The molecule has 0 saturated carbocycles. The highest BCUT2D eigenvalue weighted by molar-refractivity contribution is 7.86. The molecule has 6 rings (SSSR count). The number of nitro benzene ring substituents is 1. The summed E-state index contributed by atoms with van der Waals surface area (Å²) in [7, 11) is -4.46. The maximum atomic E-state index is 13.5. The van der Waals surface area contributed by atoms with Gasteiger partial charge in [0.25, 0.3) is 21.4 Å². The van der Waals surface area contributed by atoms with Gasteiger partial charge in [-0.05, 0) is 35.7 Å². The number of aryl methyl sites for hydroxylation is 1. The zero-order valence-electron chi connectivity index (χ0n) is 25.7. The van der Waals surface area contributed by atoms with Crippen molar-refractivity contribution in [2.75, 3.05) is 6.61 Å². The quantitative estimate of drug-likeness (QED) is 0.0900. The van der Waals surface area contributed by atoms with Crippen molar-refractivity contribution in [3.63, 3.8) is 0 Å². The number of benzene rings is 4. The molecule has 0 bridgehead atoms. The van der Waals surface area contributed by atoms with Crippen molar-refractivity contribution in [2.24, 2.45) is 0 Å². The van der Waals surface area contributed by atoms with Crippen molar-refractivity contribution >= 4 is 15.8 Å². The summed E-state index contributed by atoms with van der Waals surface area (Å²) in [5.74, 6) is 0. The molecule has 0 unspecified atom stereocenters. The van der Waals surface area contributed by atoms with Gasteiger partial charge < -0.3 is 9.47 Å². The van der Waals surface area contributed by atoms with E-state index in [-0.39, 0.29) is 29.2 Å². The van der Waals surface area contributed by atoms with Gasteiger partial charge in [0.15, 0.2) is 0 Å². The van der Waals surface area contributed by atoms with E-state index in [0.717, 1.165) is 41.0 Å². The molecule has 1 fully saturated rings. The van der Waals surface area contributed by atoms with Crippen molar-refractivity contribution < 1.29 is 27.0 Å². The Morgan fingerprint density at radius 1 is 0.875 bits per heavy atom. The molecule has 13 heteroatoms. The van der Waals surface area contributed by atoms with Gasteiger partial charge in [0.05, 0.1) is 16.4 Å². The maximum absolute atomic E-state index is 13.5. The average molecular weight is 670 g/mol. The number of aromatic amines is 1. The van der Waals surface area contributed by atoms with Gasteiger partial charge in [0.2, 0.25) is 0 Å². The second-order valence-electron chi connectivity index (χ2n) is 11.3. The molecule has 1 aromatic heterocycles. The fourth-order valence-electron chi connectivity index (χ4n) is 5.85. The molecule has 1 N–H and O–H groups in total. The number of nitrogens with zero attached hydrogens (tertiary/aromatic N) is 2. The van der Waals surface area contributed by atoms with Crippen molar-refractivity contribution in [1.29, 1.82) is 0 Å². The highest BCUT2D eigenvalue weighted by atomic mass is 32.2. The fourth-order valence-corrected chi connectivity index (χ4v) is 6.96. The van der Waals surface area contributed by atoms with Crippen molar-refractivity contribution in [2.45, 2.75) is 42.3 Å². The maximum Gasteiger partial charge on any atom is 0.330 e. The molecule has 1 aliphatic heterocycles. The molecule has 48 heavy (non-hydrogen) atoms. The van der Waals surface area contributed by atoms with Gasteiger partial charge in [-0.2, -0.15) is 8.42 Å². The normalized spacial score (nSPS) is 18.1. The van der Waals surface area contributed by atoms with Gasteiger partial charge in [0.1, 0.15) is 24.0 Å². The Kier molecular flexibility index (Phi) is 9.20. The topological polar surface area (TPSA) is 160 Å². The second kappa shape index (κ2) is 13.5. The van der Waals surface area contributed by atoms with Crippen LogP contribution in [0.1, 0.15) is 34.9 Å². The van der Waals surface area contributed by atoms with Crippen LogP contribution in [-0.4, -0.2) is 41.7 Å². The molecule has 1 saturated heterocycles. The third-order valence-corrected chi connectivity index (χ3v) is 9.58. The van der Waals surface area contributed by atoms with Crippen molar-refractivity contribution in [3.8, 4) is 0 Å². The Hall–Kier alpha value is -5.21. The third kappa shape index (κ3) is 6.49. The lowest BCUT2D eigenvalue weighted by molar-refractivity contribution is -0.384. The minimum Gasteiger partial charge on any atom is -0.358 e. The molecule has 5 aromatic rings. The first kappa shape index (κ1) is 32.7. The van der Waals surface area contributed by atoms with E-state index in [9.17, 15) is 28.1 Å². The van der Waals surface area contributed by atoms with E-state index in [0.29, 0.717) is 0 Å². The molecule has 0 spiro atoms. The molecule has 1 aliphatic rings. The first-order valence-electron chi connectivity index (χ1n) is 15.0. The molecular weight excluding hydrogens is 638 g/mol. The summed E-state index contributed by atoms with van der Waals surface area (Å²) in [6.45, 7) is 1.35. The SMILES string of the molecule is Cc1cn([C@H]2C[C@H](OS(=O)(=O)c3ccc([N+](=O)[O-])cc3)[C@@H](COC(c3ccccc3)(c3ccccc3)c3ccccc3)O2)c(=O)[nH]c1=O. The van der Waals surface area contributed by atoms with Gasteiger partial charge >= 0.3 is 5.69 Å². The number of rotatable bonds is 11. The van der Waals surface area contributed by atoms with Crippen LogP contribution in [0.3, 0.4) is 0 Å². The van der Waals surface area contributed by atoms with Gasteiger partial charge in [-0.3, -0.25) is 28.6 Å². The summed E-state index contributed by atoms with van der Waals surface area (Å²) < 4.78 is 47.1. The highest BCUT2D eigenvalue weighted by Gasteiger charge is 2.44. The Morgan fingerprint density at radius 2 is 1.40 bits per heavy atom. The highest BCUT2D eigenvalue weighted by Crippen LogP contribution is 2.42. The smallest absolute Gasteiger partial charge is 0.330 e. The fraction of sp³-hybridized carbons (Fsp3) is 0.200. The van der Waals surface area contributed by atoms with Crippen molar-refractivity contribution in [1.82, 2.24) is 9.55 Å². The lowest BCUT2D eigenvalue weighted by Crippen LogP contribution is -2.39. The predicted octanol–water partition coefficient (Wildman–Crippen LogP) is 4.82. The number of nitro groups is 1. The summed E-state index contributed by atoms with van der Waals surface area (Å²) in [5, 5.41) is 11.1. The zero-order chi connectivity index (χ0) is 33.9. The molecule has 12 nitrogen and oxygen atoms in total. The van der Waals surface area contributed by atoms with Crippen LogP contribution in [0.15, 0.2) is 136 Å². The van der Waals surface area contributed by atoms with Gasteiger partial charge in [-0.1, -0.05) is 91.0 Å². The summed E-state index contributed by atoms with van der Waals surface area (Å²) in [4.78, 5) is 37.4. The molecule has 246 valence electrons. The Balaban J connectivity index is 1.40. The van der Waals surface area contributed by atoms with Crippen LogP contribution in [0.5, 0.6) is 0 Å². The van der Waals surface area contributed by atoms with E-state index in [2.05, 4.69) is 4.98 Å². The van der Waals surface area contributed by atoms with Gasteiger partial charge in [-0.25, -0.2) is 4.79 Å². The number of hydrogen-bond acceptors (Lipinski definition) is 9. The van der Waals surface area contributed by atoms with Crippen LogP contribution in [-0.2, 0) is 29.4 Å². The van der Waals surface area contributed by atoms with Crippen LogP contribution in [0.4, 0.5) is 5.69 Å². The number of H-pyrrole nitrogens is 1. The Labute approximate surface area is 275 Å².